The maximum atomic E-state index is 5.17. The molecule has 0 radical (unpaired) electrons. The molecule has 20 heavy (non-hydrogen) atoms. The fourth-order valence-electron chi connectivity index (χ4n) is 2.81. The largest absolute Gasteiger partial charge is 0.361 e. The van der Waals surface area contributed by atoms with Crippen molar-refractivity contribution in [2.45, 2.75) is 54.1 Å². The van der Waals surface area contributed by atoms with Crippen LogP contribution in [0, 0.1) is 24.7 Å². The molecule has 1 saturated carbocycles. The summed E-state index contributed by atoms with van der Waals surface area (Å²) in [5.41, 5.74) is 2.60. The standard InChI is InChI=1S/C15H26N4O/c1-9-11(10(2)20-19-9)8-17-13(16-7)18-12-14(3,4)15(12,5)6/h12H,8H2,1-7H3,(H2,16,17,18). The second kappa shape index (κ2) is 4.79. The molecule has 0 aliphatic heterocycles. The summed E-state index contributed by atoms with van der Waals surface area (Å²) in [6, 6.07) is 0.436. The van der Waals surface area contributed by atoms with Crippen molar-refractivity contribution in [3.8, 4) is 0 Å². The van der Waals surface area contributed by atoms with E-state index in [0.29, 0.717) is 12.6 Å². The predicted molar refractivity (Wildman–Crippen MR) is 80.7 cm³/mol. The summed E-state index contributed by atoms with van der Waals surface area (Å²) in [4.78, 5) is 4.30. The first-order valence-electron chi connectivity index (χ1n) is 7.10. The van der Waals surface area contributed by atoms with E-state index in [-0.39, 0.29) is 10.8 Å². The number of aryl methyl sites for hydroxylation is 2. The quantitative estimate of drug-likeness (QED) is 0.658. The van der Waals surface area contributed by atoms with Gasteiger partial charge in [0.25, 0.3) is 0 Å². The number of aliphatic imine (C=N–C) groups is 1. The van der Waals surface area contributed by atoms with Crippen LogP contribution >= 0.6 is 0 Å². The molecule has 1 aliphatic carbocycles. The van der Waals surface area contributed by atoms with Gasteiger partial charge in [-0.25, -0.2) is 0 Å². The summed E-state index contributed by atoms with van der Waals surface area (Å²) in [7, 11) is 1.80. The maximum absolute atomic E-state index is 5.17. The van der Waals surface area contributed by atoms with Crippen molar-refractivity contribution in [1.29, 1.82) is 0 Å². The lowest BCUT2D eigenvalue weighted by Gasteiger charge is -2.13. The van der Waals surface area contributed by atoms with Gasteiger partial charge in [-0.1, -0.05) is 32.9 Å². The van der Waals surface area contributed by atoms with Gasteiger partial charge in [-0.2, -0.15) is 0 Å². The molecular weight excluding hydrogens is 252 g/mol. The lowest BCUT2D eigenvalue weighted by atomic mass is 10.0. The molecule has 0 aromatic carbocycles. The van der Waals surface area contributed by atoms with Crippen LogP contribution in [0.4, 0.5) is 0 Å². The molecule has 5 nitrogen and oxygen atoms in total. The topological polar surface area (TPSA) is 62.5 Å². The SMILES string of the molecule is CN=C(NCc1c(C)noc1C)NC1C(C)(C)C1(C)C. The Kier molecular flexibility index (Phi) is 3.56. The third-order valence-electron chi connectivity index (χ3n) is 5.14. The summed E-state index contributed by atoms with van der Waals surface area (Å²) in [5.74, 6) is 1.69. The van der Waals surface area contributed by atoms with Crippen molar-refractivity contribution in [2.75, 3.05) is 7.05 Å². The van der Waals surface area contributed by atoms with Crippen LogP contribution < -0.4 is 10.6 Å². The molecule has 0 atom stereocenters. The second-order valence-electron chi connectivity index (χ2n) is 6.75. The molecular formula is C15H26N4O. The zero-order valence-corrected chi connectivity index (χ0v) is 13.6. The summed E-state index contributed by atoms with van der Waals surface area (Å²) < 4.78 is 5.17. The summed E-state index contributed by atoms with van der Waals surface area (Å²) in [6.07, 6.45) is 0. The van der Waals surface area contributed by atoms with Crippen LogP contribution in [0.3, 0.4) is 0 Å². The van der Waals surface area contributed by atoms with Crippen molar-refractivity contribution in [2.24, 2.45) is 15.8 Å². The fraction of sp³-hybridized carbons (Fsp3) is 0.733. The molecule has 0 amide bonds. The number of rotatable bonds is 3. The first-order chi connectivity index (χ1) is 9.21. The predicted octanol–water partition coefficient (Wildman–Crippen LogP) is 2.39. The average Bonchev–Trinajstić information content (AvgIpc) is 2.62. The fourth-order valence-corrected chi connectivity index (χ4v) is 2.81. The first kappa shape index (κ1) is 14.9. The molecule has 1 aromatic heterocycles. The van der Waals surface area contributed by atoms with Gasteiger partial charge in [0.1, 0.15) is 5.76 Å². The highest BCUT2D eigenvalue weighted by Crippen LogP contribution is 2.62. The minimum Gasteiger partial charge on any atom is -0.361 e. The maximum Gasteiger partial charge on any atom is 0.191 e. The van der Waals surface area contributed by atoms with Gasteiger partial charge in [-0.3, -0.25) is 4.99 Å². The van der Waals surface area contributed by atoms with E-state index in [4.69, 9.17) is 4.52 Å². The van der Waals surface area contributed by atoms with Gasteiger partial charge in [0.2, 0.25) is 0 Å². The van der Waals surface area contributed by atoms with Gasteiger partial charge in [-0.05, 0) is 24.7 Å². The summed E-state index contributed by atoms with van der Waals surface area (Å²) >= 11 is 0. The lowest BCUT2D eigenvalue weighted by molar-refractivity contribution is 0.392. The van der Waals surface area contributed by atoms with Crippen LogP contribution in [-0.4, -0.2) is 24.2 Å². The number of nitrogens with zero attached hydrogens (tertiary/aromatic N) is 2. The van der Waals surface area contributed by atoms with Gasteiger partial charge in [0.15, 0.2) is 5.96 Å². The molecule has 1 fully saturated rings. The Balaban J connectivity index is 1.96. The molecule has 0 spiro atoms. The number of guanidine groups is 1. The zero-order chi connectivity index (χ0) is 15.1. The van der Waals surface area contributed by atoms with Crippen LogP contribution in [0.25, 0.3) is 0 Å². The van der Waals surface area contributed by atoms with Crippen molar-refractivity contribution >= 4 is 5.96 Å². The van der Waals surface area contributed by atoms with Crippen molar-refractivity contribution in [3.05, 3.63) is 17.0 Å². The Bertz CT molecular complexity index is 494. The van der Waals surface area contributed by atoms with Crippen molar-refractivity contribution in [3.63, 3.8) is 0 Å². The number of aromatic nitrogens is 1. The van der Waals surface area contributed by atoms with E-state index < -0.39 is 0 Å². The zero-order valence-electron chi connectivity index (χ0n) is 13.6. The van der Waals surface area contributed by atoms with E-state index in [1.54, 1.807) is 7.05 Å². The number of hydrogen-bond donors (Lipinski definition) is 2. The minimum atomic E-state index is 0.285. The number of hydrogen-bond acceptors (Lipinski definition) is 3. The van der Waals surface area contributed by atoms with Crippen LogP contribution in [0.5, 0.6) is 0 Å². The smallest absolute Gasteiger partial charge is 0.191 e. The number of nitrogens with one attached hydrogen (secondary N) is 2. The van der Waals surface area contributed by atoms with Crippen molar-refractivity contribution < 1.29 is 4.52 Å². The Hall–Kier alpha value is -1.52. The minimum absolute atomic E-state index is 0.285. The highest BCUT2D eigenvalue weighted by molar-refractivity contribution is 5.80. The van der Waals surface area contributed by atoms with Crippen LogP contribution in [-0.2, 0) is 6.54 Å². The highest BCUT2D eigenvalue weighted by atomic mass is 16.5. The van der Waals surface area contributed by atoms with E-state index in [0.717, 1.165) is 23.0 Å². The third-order valence-corrected chi connectivity index (χ3v) is 5.14. The van der Waals surface area contributed by atoms with E-state index in [1.807, 2.05) is 13.8 Å². The molecule has 2 rings (SSSR count). The van der Waals surface area contributed by atoms with E-state index in [1.165, 1.54) is 0 Å². The molecule has 1 aliphatic rings. The van der Waals surface area contributed by atoms with E-state index in [9.17, 15) is 0 Å². The van der Waals surface area contributed by atoms with Crippen LogP contribution in [0.1, 0.15) is 44.7 Å². The first-order valence-corrected chi connectivity index (χ1v) is 7.10. The molecule has 0 bridgehead atoms. The van der Waals surface area contributed by atoms with Gasteiger partial charge < -0.3 is 15.2 Å². The van der Waals surface area contributed by atoms with Gasteiger partial charge >= 0.3 is 0 Å². The Morgan fingerprint density at radius 1 is 1.25 bits per heavy atom. The lowest BCUT2D eigenvalue weighted by Crippen LogP contribution is -2.40. The second-order valence-corrected chi connectivity index (χ2v) is 6.75. The third kappa shape index (κ3) is 2.30. The molecule has 2 N–H and O–H groups in total. The van der Waals surface area contributed by atoms with E-state index >= 15 is 0 Å². The van der Waals surface area contributed by atoms with Gasteiger partial charge in [0.05, 0.1) is 5.69 Å². The summed E-state index contributed by atoms with van der Waals surface area (Å²) in [5, 5.41) is 10.8. The van der Waals surface area contributed by atoms with Crippen LogP contribution in [0.2, 0.25) is 0 Å². The monoisotopic (exact) mass is 278 g/mol. The van der Waals surface area contributed by atoms with Crippen LogP contribution in [0.15, 0.2) is 9.52 Å². The van der Waals surface area contributed by atoms with Crippen molar-refractivity contribution in [1.82, 2.24) is 15.8 Å². The molecule has 0 saturated heterocycles. The van der Waals surface area contributed by atoms with E-state index in [2.05, 4.69) is 48.5 Å². The molecule has 1 aromatic rings. The normalized spacial score (nSPS) is 20.9. The molecule has 1 heterocycles. The molecule has 112 valence electrons. The highest BCUT2D eigenvalue weighted by Gasteiger charge is 2.65. The Labute approximate surface area is 121 Å². The Morgan fingerprint density at radius 3 is 2.25 bits per heavy atom. The summed E-state index contributed by atoms with van der Waals surface area (Å²) in [6.45, 7) is 13.7. The Morgan fingerprint density at radius 2 is 1.85 bits per heavy atom. The molecule has 5 heteroatoms. The van der Waals surface area contributed by atoms with Gasteiger partial charge in [0, 0.05) is 25.2 Å². The molecule has 0 unspecified atom stereocenters. The average molecular weight is 278 g/mol. The van der Waals surface area contributed by atoms with Gasteiger partial charge in [-0.15, -0.1) is 0 Å².